The molecule has 3 rings (SSSR count). The van der Waals surface area contributed by atoms with Gasteiger partial charge in [0.15, 0.2) is 11.6 Å². The van der Waals surface area contributed by atoms with Crippen molar-refractivity contribution in [3.05, 3.63) is 52.6 Å². The molecule has 0 aliphatic heterocycles. The number of aliphatic hydroxyl groups excluding tert-OH is 1. The molecule has 6 heteroatoms. The zero-order valence-corrected chi connectivity index (χ0v) is 13.6. The number of benzene rings is 2. The molecular weight excluding hydrogens is 322 g/mol. The lowest BCUT2D eigenvalue weighted by Crippen LogP contribution is -2.23. The third-order valence-corrected chi connectivity index (χ3v) is 4.24. The van der Waals surface area contributed by atoms with Gasteiger partial charge in [-0.2, -0.15) is 0 Å². The maximum absolute atomic E-state index is 12.8. The number of nitrogen functional groups attached to an aromatic ring is 1. The SMILES string of the molecule is Nc1c(OCCCCCO)cc(O)c2c1C(=O)c1ccccc1C2=O. The van der Waals surface area contributed by atoms with Crippen LogP contribution in [0.25, 0.3) is 0 Å². The largest absolute Gasteiger partial charge is 0.507 e. The third-order valence-electron chi connectivity index (χ3n) is 4.24. The van der Waals surface area contributed by atoms with Crippen molar-refractivity contribution in [2.75, 3.05) is 18.9 Å². The summed E-state index contributed by atoms with van der Waals surface area (Å²) in [6, 6.07) is 7.74. The topological polar surface area (TPSA) is 110 Å². The van der Waals surface area contributed by atoms with E-state index < -0.39 is 11.6 Å². The fraction of sp³-hybridized carbons (Fsp3) is 0.263. The summed E-state index contributed by atoms with van der Waals surface area (Å²) >= 11 is 0. The Hall–Kier alpha value is -2.86. The maximum atomic E-state index is 12.8. The lowest BCUT2D eigenvalue weighted by atomic mass is 9.82. The number of anilines is 1. The van der Waals surface area contributed by atoms with Gasteiger partial charge < -0.3 is 20.7 Å². The molecule has 0 bridgehead atoms. The van der Waals surface area contributed by atoms with Crippen LogP contribution in [0.4, 0.5) is 5.69 Å². The smallest absolute Gasteiger partial charge is 0.198 e. The van der Waals surface area contributed by atoms with Gasteiger partial charge in [0.2, 0.25) is 0 Å². The van der Waals surface area contributed by atoms with Crippen LogP contribution in [-0.2, 0) is 0 Å². The summed E-state index contributed by atoms with van der Waals surface area (Å²) in [6.07, 6.45) is 2.17. The Labute approximate surface area is 144 Å². The van der Waals surface area contributed by atoms with E-state index in [-0.39, 0.29) is 46.0 Å². The molecule has 0 saturated carbocycles. The summed E-state index contributed by atoms with van der Waals surface area (Å²) in [5.41, 5.74) is 6.58. The number of aromatic hydroxyl groups is 1. The molecule has 1 aliphatic carbocycles. The van der Waals surface area contributed by atoms with E-state index >= 15 is 0 Å². The van der Waals surface area contributed by atoms with Crippen molar-refractivity contribution in [3.63, 3.8) is 0 Å². The van der Waals surface area contributed by atoms with E-state index in [1.165, 1.54) is 6.07 Å². The Balaban J connectivity index is 1.96. The van der Waals surface area contributed by atoms with Gasteiger partial charge in [-0.3, -0.25) is 9.59 Å². The summed E-state index contributed by atoms with van der Waals surface area (Å²) in [6.45, 7) is 0.457. The first-order valence-corrected chi connectivity index (χ1v) is 8.13. The second-order valence-corrected chi connectivity index (χ2v) is 5.89. The van der Waals surface area contributed by atoms with E-state index in [1.807, 2.05) is 0 Å². The highest BCUT2D eigenvalue weighted by Crippen LogP contribution is 2.41. The molecule has 0 atom stereocenters. The molecule has 0 fully saturated rings. The van der Waals surface area contributed by atoms with Crippen LogP contribution < -0.4 is 10.5 Å². The van der Waals surface area contributed by atoms with E-state index in [4.69, 9.17) is 15.6 Å². The number of carbonyl (C=O) groups is 2. The molecule has 25 heavy (non-hydrogen) atoms. The molecule has 130 valence electrons. The third kappa shape index (κ3) is 2.96. The Bertz CT molecular complexity index is 844. The van der Waals surface area contributed by atoms with Gasteiger partial charge in [0, 0.05) is 23.8 Å². The van der Waals surface area contributed by atoms with Crippen LogP contribution in [0, 0.1) is 0 Å². The number of ketones is 2. The van der Waals surface area contributed by atoms with Crippen LogP contribution in [0.1, 0.15) is 51.1 Å². The molecule has 0 amide bonds. The van der Waals surface area contributed by atoms with Gasteiger partial charge >= 0.3 is 0 Å². The molecule has 1 aliphatic rings. The summed E-state index contributed by atoms with van der Waals surface area (Å²) < 4.78 is 5.57. The number of hydrogen-bond acceptors (Lipinski definition) is 6. The number of fused-ring (bicyclic) bond motifs is 2. The predicted molar refractivity (Wildman–Crippen MR) is 92.3 cm³/mol. The van der Waals surface area contributed by atoms with Crippen molar-refractivity contribution >= 4 is 17.3 Å². The van der Waals surface area contributed by atoms with Crippen molar-refractivity contribution in [1.82, 2.24) is 0 Å². The van der Waals surface area contributed by atoms with Crippen molar-refractivity contribution in [2.24, 2.45) is 0 Å². The van der Waals surface area contributed by atoms with Crippen molar-refractivity contribution in [3.8, 4) is 11.5 Å². The number of rotatable bonds is 6. The number of ether oxygens (including phenoxy) is 1. The highest BCUT2D eigenvalue weighted by Gasteiger charge is 2.35. The molecule has 2 aromatic rings. The van der Waals surface area contributed by atoms with E-state index in [2.05, 4.69) is 0 Å². The van der Waals surface area contributed by atoms with Crippen LogP contribution in [-0.4, -0.2) is 35.0 Å². The highest BCUT2D eigenvalue weighted by molar-refractivity contribution is 6.31. The first-order valence-electron chi connectivity index (χ1n) is 8.13. The quantitative estimate of drug-likeness (QED) is 0.360. The minimum absolute atomic E-state index is 0.00550. The molecular formula is C19H19NO5. The number of aliphatic hydroxyl groups is 1. The zero-order chi connectivity index (χ0) is 18.0. The van der Waals surface area contributed by atoms with E-state index in [1.54, 1.807) is 24.3 Å². The molecule has 0 spiro atoms. The van der Waals surface area contributed by atoms with Gasteiger partial charge in [0.25, 0.3) is 0 Å². The second kappa shape index (κ2) is 6.94. The summed E-state index contributed by atoms with van der Waals surface area (Å²) in [5.74, 6) is -0.962. The number of carbonyl (C=O) groups excluding carboxylic acids is 2. The Kier molecular flexibility index (Phi) is 4.72. The van der Waals surface area contributed by atoms with Crippen molar-refractivity contribution < 1.29 is 24.5 Å². The second-order valence-electron chi connectivity index (χ2n) is 5.89. The monoisotopic (exact) mass is 341 g/mol. The van der Waals surface area contributed by atoms with Crippen LogP contribution in [0.5, 0.6) is 11.5 Å². The molecule has 0 heterocycles. The molecule has 0 aromatic heterocycles. The number of hydrogen-bond donors (Lipinski definition) is 3. The number of phenolic OH excluding ortho intramolecular Hbond substituents is 1. The van der Waals surface area contributed by atoms with E-state index in [0.29, 0.717) is 19.4 Å². The fourth-order valence-electron chi connectivity index (χ4n) is 2.97. The number of phenols is 1. The summed E-state index contributed by atoms with van der Waals surface area (Å²) in [7, 11) is 0. The molecule has 0 radical (unpaired) electrons. The van der Waals surface area contributed by atoms with Gasteiger partial charge in [-0.1, -0.05) is 24.3 Å². The standard InChI is InChI=1S/C19H19NO5/c20-17-14(25-9-5-1-4-8-21)10-13(22)15-16(17)19(24)12-7-3-2-6-11(12)18(15)23/h2-3,6-7,10,21-22H,1,4-5,8-9,20H2. The zero-order valence-electron chi connectivity index (χ0n) is 13.6. The molecule has 4 N–H and O–H groups in total. The van der Waals surface area contributed by atoms with Crippen molar-refractivity contribution in [1.29, 1.82) is 0 Å². The lowest BCUT2D eigenvalue weighted by molar-refractivity contribution is 0.0977. The molecule has 6 nitrogen and oxygen atoms in total. The van der Waals surface area contributed by atoms with Crippen LogP contribution in [0.2, 0.25) is 0 Å². The average Bonchev–Trinajstić information content (AvgIpc) is 2.62. The Morgan fingerprint density at radius 3 is 2.24 bits per heavy atom. The first kappa shape index (κ1) is 17.0. The van der Waals surface area contributed by atoms with Crippen molar-refractivity contribution in [2.45, 2.75) is 19.3 Å². The van der Waals surface area contributed by atoms with Gasteiger partial charge in [0.1, 0.15) is 11.5 Å². The van der Waals surface area contributed by atoms with Crippen LogP contribution in [0.3, 0.4) is 0 Å². The molecule has 0 unspecified atom stereocenters. The van der Waals surface area contributed by atoms with Gasteiger partial charge in [-0.15, -0.1) is 0 Å². The Morgan fingerprint density at radius 2 is 1.60 bits per heavy atom. The molecule has 2 aromatic carbocycles. The minimum Gasteiger partial charge on any atom is -0.507 e. The van der Waals surface area contributed by atoms with Gasteiger partial charge in [-0.25, -0.2) is 0 Å². The average molecular weight is 341 g/mol. The van der Waals surface area contributed by atoms with Gasteiger partial charge in [-0.05, 0) is 19.3 Å². The predicted octanol–water partition coefficient (Wildman–Crippen LogP) is 2.29. The Morgan fingerprint density at radius 1 is 0.960 bits per heavy atom. The van der Waals surface area contributed by atoms with Crippen LogP contribution >= 0.6 is 0 Å². The first-order chi connectivity index (χ1) is 12.1. The highest BCUT2D eigenvalue weighted by atomic mass is 16.5. The lowest BCUT2D eigenvalue weighted by Gasteiger charge is -2.21. The maximum Gasteiger partial charge on any atom is 0.198 e. The fourth-order valence-corrected chi connectivity index (χ4v) is 2.97. The van der Waals surface area contributed by atoms with E-state index in [9.17, 15) is 14.7 Å². The minimum atomic E-state index is -0.427. The summed E-state index contributed by atoms with van der Waals surface area (Å²) in [4.78, 5) is 25.4. The van der Waals surface area contributed by atoms with E-state index in [0.717, 1.165) is 6.42 Å². The normalized spacial score (nSPS) is 12.7. The molecule has 0 saturated heterocycles. The van der Waals surface area contributed by atoms with Crippen LogP contribution in [0.15, 0.2) is 30.3 Å². The number of nitrogens with two attached hydrogens (primary N) is 1. The van der Waals surface area contributed by atoms with Gasteiger partial charge in [0.05, 0.1) is 23.4 Å². The summed E-state index contributed by atoms with van der Waals surface area (Å²) in [5, 5.41) is 19.0. The number of unbranched alkanes of at least 4 members (excludes halogenated alkanes) is 2.